The van der Waals surface area contributed by atoms with Crippen LogP contribution in [0, 0.1) is 12.4 Å². The van der Waals surface area contributed by atoms with Crippen molar-refractivity contribution in [3.63, 3.8) is 0 Å². The average molecular weight is 357 g/mol. The van der Waals surface area contributed by atoms with E-state index in [1.54, 1.807) is 18.0 Å². The molecule has 2 heterocycles. The van der Waals surface area contributed by atoms with Crippen LogP contribution in [0.25, 0.3) is 10.4 Å². The highest BCUT2D eigenvalue weighted by atomic mass is 32.2. The summed E-state index contributed by atoms with van der Waals surface area (Å²) in [7, 11) is 0. The molecule has 0 unspecified atom stereocenters. The molecule has 0 aliphatic rings. The minimum Gasteiger partial charge on any atom is -0.396 e. The van der Waals surface area contributed by atoms with Crippen LogP contribution in [0.4, 0.5) is 11.6 Å². The van der Waals surface area contributed by atoms with E-state index < -0.39 is 0 Å². The molecule has 3 aromatic rings. The molecule has 0 aliphatic carbocycles. The van der Waals surface area contributed by atoms with Gasteiger partial charge < -0.3 is 10.4 Å². The lowest BCUT2D eigenvalue weighted by Gasteiger charge is -2.09. The zero-order valence-electron chi connectivity index (χ0n) is 13.2. The molecule has 2 N–H and O–H groups in total. The maximum atomic E-state index is 8.86. The highest BCUT2D eigenvalue weighted by Crippen LogP contribution is 2.28. The number of hydrogen-bond donors (Lipinski definition) is 2. The fraction of sp³-hybridized carbons (Fsp3) is 0.235. The van der Waals surface area contributed by atoms with E-state index >= 15 is 0 Å². The van der Waals surface area contributed by atoms with Crippen molar-refractivity contribution < 1.29 is 5.11 Å². The van der Waals surface area contributed by atoms with Crippen LogP contribution in [0.2, 0.25) is 0 Å². The number of benzene rings is 1. The van der Waals surface area contributed by atoms with Gasteiger partial charge >= 0.3 is 0 Å². The first-order chi connectivity index (χ1) is 11.7. The maximum absolute atomic E-state index is 8.86. The first-order valence-electron chi connectivity index (χ1n) is 7.52. The topological polar surface area (TPSA) is 70.9 Å². The number of anilines is 2. The highest BCUT2D eigenvalue weighted by Gasteiger charge is 2.06. The fourth-order valence-corrected chi connectivity index (χ4v) is 3.51. The predicted octanol–water partition coefficient (Wildman–Crippen LogP) is 3.93. The van der Waals surface area contributed by atoms with E-state index in [2.05, 4.69) is 50.9 Å². The second kappa shape index (κ2) is 8.23. The zero-order valence-corrected chi connectivity index (χ0v) is 14.8. The third-order valence-corrected chi connectivity index (χ3v) is 4.96. The molecule has 5 nitrogen and oxygen atoms in total. The Balaban J connectivity index is 1.77. The van der Waals surface area contributed by atoms with E-state index in [1.165, 1.54) is 11.3 Å². The highest BCUT2D eigenvalue weighted by molar-refractivity contribution is 7.99. The third kappa shape index (κ3) is 4.53. The molecule has 24 heavy (non-hydrogen) atoms. The van der Waals surface area contributed by atoms with E-state index in [-0.39, 0.29) is 6.61 Å². The lowest BCUT2D eigenvalue weighted by atomic mass is 10.1. The molecule has 123 valence electrons. The van der Waals surface area contributed by atoms with Crippen molar-refractivity contribution in [3.8, 4) is 10.4 Å². The summed E-state index contributed by atoms with van der Waals surface area (Å²) in [6.45, 7) is 2.26. The van der Waals surface area contributed by atoms with Crippen molar-refractivity contribution >= 4 is 34.7 Å². The van der Waals surface area contributed by atoms with Crippen LogP contribution in [0.1, 0.15) is 12.0 Å². The van der Waals surface area contributed by atoms with Crippen LogP contribution in [0.15, 0.2) is 41.7 Å². The summed E-state index contributed by atoms with van der Waals surface area (Å²) < 4.78 is 0. The summed E-state index contributed by atoms with van der Waals surface area (Å²) >= 11 is 3.11. The second-order valence-electron chi connectivity index (χ2n) is 5.17. The maximum Gasteiger partial charge on any atom is 0.228 e. The number of hydrogen-bond acceptors (Lipinski definition) is 7. The number of nitrogens with zero attached hydrogens (tertiary/aromatic N) is 3. The molecule has 2 aromatic heterocycles. The number of rotatable bonds is 7. The molecule has 0 bridgehead atoms. The van der Waals surface area contributed by atoms with Gasteiger partial charge in [0.05, 0.1) is 4.88 Å². The Kier molecular flexibility index (Phi) is 5.79. The van der Waals surface area contributed by atoms with Gasteiger partial charge in [0.1, 0.15) is 5.03 Å². The summed E-state index contributed by atoms with van der Waals surface area (Å²) in [4.78, 5) is 13.9. The largest absolute Gasteiger partial charge is 0.396 e. The minimum absolute atomic E-state index is 0.199. The van der Waals surface area contributed by atoms with Crippen LogP contribution in [-0.4, -0.2) is 32.4 Å². The smallest absolute Gasteiger partial charge is 0.228 e. The first-order valence-corrected chi connectivity index (χ1v) is 9.32. The molecule has 0 spiro atoms. The first kappa shape index (κ1) is 16.9. The van der Waals surface area contributed by atoms with E-state index in [9.17, 15) is 0 Å². The van der Waals surface area contributed by atoms with Crippen LogP contribution in [0.5, 0.6) is 0 Å². The summed E-state index contributed by atoms with van der Waals surface area (Å²) in [5.41, 5.74) is 6.07. The van der Waals surface area contributed by atoms with Gasteiger partial charge in [0.2, 0.25) is 5.95 Å². The van der Waals surface area contributed by atoms with E-state index in [4.69, 9.17) is 5.11 Å². The summed E-state index contributed by atoms with van der Waals surface area (Å²) in [6.07, 6.45) is 4.31. The Hall–Kier alpha value is -1.96. The van der Waals surface area contributed by atoms with Gasteiger partial charge in [-0.15, -0.1) is 23.1 Å². The van der Waals surface area contributed by atoms with Crippen LogP contribution in [-0.2, 0) is 0 Å². The van der Waals surface area contributed by atoms with Crippen molar-refractivity contribution in [2.24, 2.45) is 0 Å². The minimum atomic E-state index is 0.199. The Labute approximate surface area is 149 Å². The van der Waals surface area contributed by atoms with Crippen LogP contribution in [0.3, 0.4) is 0 Å². The van der Waals surface area contributed by atoms with Crippen molar-refractivity contribution in [2.45, 2.75) is 18.4 Å². The number of aliphatic hydroxyl groups excluding tert-OH is 1. The second-order valence-corrected chi connectivity index (χ2v) is 7.11. The molecular formula is C17H17N4OS2. The Bertz CT molecular complexity index is 793. The monoisotopic (exact) mass is 357 g/mol. The van der Waals surface area contributed by atoms with Crippen LogP contribution < -0.4 is 5.32 Å². The molecule has 1 aromatic carbocycles. The van der Waals surface area contributed by atoms with E-state index in [0.717, 1.165) is 38.9 Å². The average Bonchev–Trinajstić information content (AvgIpc) is 3.09. The number of thioether (sulfide) groups is 1. The number of aromatic nitrogens is 3. The normalized spacial score (nSPS) is 10.8. The molecule has 0 amide bonds. The summed E-state index contributed by atoms with van der Waals surface area (Å²) in [5.74, 6) is 1.40. The Morgan fingerprint density at radius 1 is 1.33 bits per heavy atom. The van der Waals surface area contributed by atoms with Gasteiger partial charge in [-0.3, -0.25) is 0 Å². The number of nitrogens with one attached hydrogen (secondary N) is 1. The van der Waals surface area contributed by atoms with Gasteiger partial charge in [-0.2, -0.15) is 0 Å². The summed E-state index contributed by atoms with van der Waals surface area (Å²) in [6, 6.07) is 8.11. The number of thiazole rings is 1. The van der Waals surface area contributed by atoms with E-state index in [0.29, 0.717) is 5.95 Å². The zero-order chi connectivity index (χ0) is 16.8. The molecule has 3 rings (SSSR count). The lowest BCUT2D eigenvalue weighted by Crippen LogP contribution is -1.98. The van der Waals surface area contributed by atoms with Gasteiger partial charge in [-0.25, -0.2) is 15.0 Å². The van der Waals surface area contributed by atoms with Gasteiger partial charge in [0.15, 0.2) is 5.51 Å². The molecule has 0 saturated carbocycles. The summed E-state index contributed by atoms with van der Waals surface area (Å²) in [5, 5.41) is 13.0. The van der Waals surface area contributed by atoms with Crippen molar-refractivity contribution in [1.82, 2.24) is 15.0 Å². The predicted molar refractivity (Wildman–Crippen MR) is 98.9 cm³/mol. The van der Waals surface area contributed by atoms with Gasteiger partial charge in [-0.05, 0) is 42.7 Å². The SMILES string of the molecule is Cc1cc(Nc2nccc(SCCCO)n2)cc(-c2cn[c]s2)c1. The van der Waals surface area contributed by atoms with Crippen LogP contribution >= 0.6 is 23.1 Å². The molecule has 0 saturated heterocycles. The van der Waals surface area contributed by atoms with Gasteiger partial charge in [0, 0.05) is 30.4 Å². The number of aryl methyl sites for hydroxylation is 1. The van der Waals surface area contributed by atoms with Crippen molar-refractivity contribution in [2.75, 3.05) is 17.7 Å². The molecule has 7 heteroatoms. The number of aliphatic hydroxyl groups is 1. The molecule has 0 atom stereocenters. The lowest BCUT2D eigenvalue weighted by molar-refractivity contribution is 0.296. The van der Waals surface area contributed by atoms with Gasteiger partial charge in [-0.1, -0.05) is 6.07 Å². The van der Waals surface area contributed by atoms with E-state index in [1.807, 2.05) is 12.3 Å². The molecule has 0 fully saturated rings. The fourth-order valence-electron chi connectivity index (χ4n) is 2.17. The quantitative estimate of drug-likeness (QED) is 0.379. The Morgan fingerprint density at radius 3 is 3.04 bits per heavy atom. The molecule has 1 radical (unpaired) electrons. The van der Waals surface area contributed by atoms with Crippen molar-refractivity contribution in [1.29, 1.82) is 0 Å². The molecular weight excluding hydrogens is 340 g/mol. The third-order valence-electron chi connectivity index (χ3n) is 3.19. The van der Waals surface area contributed by atoms with Gasteiger partial charge in [0.25, 0.3) is 0 Å². The standard InChI is InChI=1S/C17H17N4OS2/c1-12-7-13(15-10-18-11-24-15)9-14(8-12)20-17-19-4-3-16(21-17)23-6-2-5-22/h3-4,7-10,22H,2,5-6H2,1H3,(H,19,20,21). The molecule has 0 aliphatic heterocycles. The van der Waals surface area contributed by atoms with Crippen molar-refractivity contribution in [3.05, 3.63) is 47.7 Å². The Morgan fingerprint density at radius 2 is 2.25 bits per heavy atom.